The molecule has 0 aliphatic rings. The molecule has 4 aromatic rings. The maximum Gasteiger partial charge on any atom is 0.241 e. The highest BCUT2D eigenvalue weighted by atomic mass is 35.5. The summed E-state index contributed by atoms with van der Waals surface area (Å²) in [6.45, 7) is 2.49. The molecule has 1 N–H and O–H groups in total. The number of nitrogens with zero attached hydrogens (tertiary/aromatic N) is 3. The summed E-state index contributed by atoms with van der Waals surface area (Å²) in [4.78, 5) is 4.26. The Labute approximate surface area is 159 Å². The number of hydrogen-bond donors (Lipinski definition) is 1. The van der Waals surface area contributed by atoms with E-state index in [9.17, 15) is 5.11 Å². The van der Waals surface area contributed by atoms with E-state index in [2.05, 4.69) is 10.1 Å². The van der Waals surface area contributed by atoms with Crippen LogP contribution in [0.1, 0.15) is 17.0 Å². The lowest BCUT2D eigenvalue weighted by atomic mass is 10.1. The van der Waals surface area contributed by atoms with Gasteiger partial charge in [-0.3, -0.25) is 0 Å². The molecule has 0 spiro atoms. The molecule has 0 aliphatic carbocycles. The Hall–Kier alpha value is -2.50. The molecule has 0 amide bonds. The SMILES string of the molecule is Cc1cc(-c2noc(CCl)n2)cc2cn(Cc3ccc(Cl)cc3)c(O)c12. The molecule has 132 valence electrons. The van der Waals surface area contributed by atoms with Gasteiger partial charge in [-0.2, -0.15) is 4.98 Å². The predicted octanol–water partition coefficient (Wildman–Crippen LogP) is 5.15. The van der Waals surface area contributed by atoms with Gasteiger partial charge in [0.25, 0.3) is 0 Å². The zero-order valence-electron chi connectivity index (χ0n) is 13.9. The van der Waals surface area contributed by atoms with E-state index in [1.165, 1.54) is 0 Å². The fourth-order valence-corrected chi connectivity index (χ4v) is 3.29. The van der Waals surface area contributed by atoms with Gasteiger partial charge >= 0.3 is 0 Å². The fourth-order valence-electron chi connectivity index (χ4n) is 3.06. The third-order valence-electron chi connectivity index (χ3n) is 4.26. The second kappa shape index (κ2) is 6.67. The van der Waals surface area contributed by atoms with Crippen LogP contribution in [0.3, 0.4) is 0 Å². The van der Waals surface area contributed by atoms with Gasteiger partial charge in [0.1, 0.15) is 5.88 Å². The van der Waals surface area contributed by atoms with E-state index in [4.69, 9.17) is 27.7 Å². The summed E-state index contributed by atoms with van der Waals surface area (Å²) in [6.07, 6.45) is 1.91. The van der Waals surface area contributed by atoms with Crippen LogP contribution in [0.4, 0.5) is 0 Å². The summed E-state index contributed by atoms with van der Waals surface area (Å²) in [6, 6.07) is 11.4. The molecule has 7 heteroatoms. The molecular formula is C19H15Cl2N3O2. The first-order valence-corrected chi connectivity index (χ1v) is 8.92. The average molecular weight is 388 g/mol. The van der Waals surface area contributed by atoms with Crippen molar-refractivity contribution in [3.8, 4) is 17.3 Å². The van der Waals surface area contributed by atoms with E-state index in [0.717, 1.165) is 27.5 Å². The van der Waals surface area contributed by atoms with E-state index in [1.807, 2.05) is 54.1 Å². The summed E-state index contributed by atoms with van der Waals surface area (Å²) < 4.78 is 6.89. The van der Waals surface area contributed by atoms with Crippen LogP contribution in [0, 0.1) is 6.92 Å². The summed E-state index contributed by atoms with van der Waals surface area (Å²) >= 11 is 11.7. The molecule has 2 aromatic heterocycles. The molecule has 0 aliphatic heterocycles. The lowest BCUT2D eigenvalue weighted by molar-refractivity contribution is 0.391. The van der Waals surface area contributed by atoms with Gasteiger partial charge in [0, 0.05) is 27.6 Å². The highest BCUT2D eigenvalue weighted by Crippen LogP contribution is 2.34. The number of hydrogen-bond acceptors (Lipinski definition) is 4. The van der Waals surface area contributed by atoms with E-state index < -0.39 is 0 Å². The predicted molar refractivity (Wildman–Crippen MR) is 102 cm³/mol. The molecule has 4 rings (SSSR count). The monoisotopic (exact) mass is 387 g/mol. The van der Waals surface area contributed by atoms with Crippen molar-refractivity contribution >= 4 is 34.0 Å². The van der Waals surface area contributed by atoms with E-state index >= 15 is 0 Å². The lowest BCUT2D eigenvalue weighted by Crippen LogP contribution is -1.96. The van der Waals surface area contributed by atoms with Crippen molar-refractivity contribution in [1.82, 2.24) is 14.7 Å². The maximum absolute atomic E-state index is 10.7. The Morgan fingerprint density at radius 2 is 1.96 bits per heavy atom. The molecule has 2 heterocycles. The van der Waals surface area contributed by atoms with Crippen LogP contribution in [0.25, 0.3) is 22.2 Å². The quantitative estimate of drug-likeness (QED) is 0.492. The molecule has 0 saturated carbocycles. The molecule has 26 heavy (non-hydrogen) atoms. The minimum atomic E-state index is 0.173. The zero-order valence-corrected chi connectivity index (χ0v) is 15.4. The third-order valence-corrected chi connectivity index (χ3v) is 4.74. The highest BCUT2D eigenvalue weighted by molar-refractivity contribution is 6.30. The van der Waals surface area contributed by atoms with E-state index in [1.54, 1.807) is 0 Å². The van der Waals surface area contributed by atoms with E-state index in [0.29, 0.717) is 23.3 Å². The van der Waals surface area contributed by atoms with Gasteiger partial charge in [0.05, 0.1) is 6.54 Å². The first-order valence-electron chi connectivity index (χ1n) is 8.01. The third kappa shape index (κ3) is 3.04. The van der Waals surface area contributed by atoms with Crippen LogP contribution in [0.2, 0.25) is 5.02 Å². The molecule has 2 aromatic carbocycles. The van der Waals surface area contributed by atoms with E-state index in [-0.39, 0.29) is 11.8 Å². The number of aromatic nitrogens is 3. The maximum atomic E-state index is 10.7. The van der Waals surface area contributed by atoms with Gasteiger partial charge in [-0.1, -0.05) is 28.9 Å². The van der Waals surface area contributed by atoms with Crippen molar-refractivity contribution < 1.29 is 9.63 Å². The Balaban J connectivity index is 1.76. The Morgan fingerprint density at radius 1 is 1.19 bits per heavy atom. The second-order valence-corrected chi connectivity index (χ2v) is 6.81. The molecule has 0 atom stereocenters. The summed E-state index contributed by atoms with van der Waals surface area (Å²) in [5.74, 6) is 1.26. The number of fused-ring (bicyclic) bond motifs is 1. The Bertz CT molecular complexity index is 1080. The largest absolute Gasteiger partial charge is 0.494 e. The fraction of sp³-hybridized carbons (Fsp3) is 0.158. The minimum Gasteiger partial charge on any atom is -0.494 e. The van der Waals surface area contributed by atoms with Crippen LogP contribution in [0.15, 0.2) is 47.1 Å². The van der Waals surface area contributed by atoms with Crippen LogP contribution >= 0.6 is 23.2 Å². The van der Waals surface area contributed by atoms with Crippen molar-refractivity contribution in [2.75, 3.05) is 0 Å². The molecule has 5 nitrogen and oxygen atoms in total. The van der Waals surface area contributed by atoms with Crippen LogP contribution in [0.5, 0.6) is 5.88 Å². The number of halogens is 2. The number of rotatable bonds is 4. The average Bonchev–Trinajstić information content (AvgIpc) is 3.22. The molecular weight excluding hydrogens is 373 g/mol. The van der Waals surface area contributed by atoms with Crippen molar-refractivity contribution in [2.45, 2.75) is 19.3 Å². The normalized spacial score (nSPS) is 11.3. The van der Waals surface area contributed by atoms with Gasteiger partial charge < -0.3 is 14.2 Å². The van der Waals surface area contributed by atoms with Crippen molar-refractivity contribution in [3.63, 3.8) is 0 Å². The van der Waals surface area contributed by atoms with Crippen LogP contribution in [-0.4, -0.2) is 19.8 Å². The van der Waals surface area contributed by atoms with Gasteiger partial charge in [-0.05, 0) is 42.3 Å². The number of benzene rings is 2. The number of alkyl halides is 1. The summed E-state index contributed by atoms with van der Waals surface area (Å²) in [5.41, 5.74) is 2.80. The number of aryl methyl sites for hydroxylation is 1. The van der Waals surface area contributed by atoms with Gasteiger partial charge in [-0.25, -0.2) is 0 Å². The lowest BCUT2D eigenvalue weighted by Gasteiger charge is -2.05. The van der Waals surface area contributed by atoms with Gasteiger partial charge in [0.15, 0.2) is 5.88 Å². The van der Waals surface area contributed by atoms with Crippen LogP contribution in [-0.2, 0) is 12.4 Å². The Morgan fingerprint density at radius 3 is 2.65 bits per heavy atom. The number of aromatic hydroxyl groups is 1. The summed E-state index contributed by atoms with van der Waals surface area (Å²) in [5, 5.41) is 17.0. The van der Waals surface area contributed by atoms with Gasteiger partial charge in [-0.15, -0.1) is 11.6 Å². The molecule has 0 bridgehead atoms. The van der Waals surface area contributed by atoms with Crippen molar-refractivity contribution in [1.29, 1.82) is 0 Å². The smallest absolute Gasteiger partial charge is 0.241 e. The molecule has 0 fully saturated rings. The Kier molecular flexibility index (Phi) is 4.34. The molecule has 0 unspecified atom stereocenters. The van der Waals surface area contributed by atoms with Crippen LogP contribution < -0.4 is 0 Å². The zero-order chi connectivity index (χ0) is 18.3. The summed E-state index contributed by atoms with van der Waals surface area (Å²) in [7, 11) is 0. The standard InChI is InChI=1S/C19H15Cl2N3O2/c1-11-6-13(18-22-16(8-20)26-23-18)7-14-10-24(19(25)17(11)14)9-12-2-4-15(21)5-3-12/h2-7,10,25H,8-9H2,1H3. The molecule has 0 radical (unpaired) electrons. The van der Waals surface area contributed by atoms with Gasteiger partial charge in [0.2, 0.25) is 11.7 Å². The van der Waals surface area contributed by atoms with Crippen molar-refractivity contribution in [2.24, 2.45) is 0 Å². The van der Waals surface area contributed by atoms with Crippen molar-refractivity contribution in [3.05, 3.63) is 64.6 Å². The first-order chi connectivity index (χ1) is 12.5. The second-order valence-electron chi connectivity index (χ2n) is 6.11. The topological polar surface area (TPSA) is 64.1 Å². The molecule has 0 saturated heterocycles. The minimum absolute atomic E-state index is 0.173. The first kappa shape index (κ1) is 16.9. The highest BCUT2D eigenvalue weighted by Gasteiger charge is 2.15.